The van der Waals surface area contributed by atoms with Gasteiger partial charge >= 0.3 is 6.18 Å². The molecule has 1 atom stereocenters. The van der Waals surface area contributed by atoms with Gasteiger partial charge in [0.25, 0.3) is 5.91 Å². The van der Waals surface area contributed by atoms with Crippen LogP contribution in [0.3, 0.4) is 0 Å². The summed E-state index contributed by atoms with van der Waals surface area (Å²) in [6.07, 6.45) is -0.213. The van der Waals surface area contributed by atoms with Crippen molar-refractivity contribution in [2.75, 3.05) is 39.8 Å². The fraction of sp³-hybridized carbons (Fsp3) is 0.619. The van der Waals surface area contributed by atoms with Crippen LogP contribution in [0.25, 0.3) is 0 Å². The Morgan fingerprint density at radius 2 is 1.83 bits per heavy atom. The summed E-state index contributed by atoms with van der Waals surface area (Å²) in [5, 5.41) is 6.38. The Balaban J connectivity index is 1.45. The predicted octanol–water partition coefficient (Wildman–Crippen LogP) is 2.61. The standard InChI is InChI=1S/C21H30F3N5O/c1-25-20(27-18-9-12-28(14-18)15-21(22,23)24)26-13-16-5-7-17(8-6-16)19(30)29-10-3-2-4-11-29/h5-8,18H,2-4,9-15H2,1H3,(H2,25,26,27). The van der Waals surface area contributed by atoms with E-state index in [9.17, 15) is 18.0 Å². The number of alkyl halides is 3. The van der Waals surface area contributed by atoms with Crippen molar-refractivity contribution in [1.82, 2.24) is 20.4 Å². The van der Waals surface area contributed by atoms with Crippen LogP contribution < -0.4 is 10.6 Å². The van der Waals surface area contributed by atoms with Crippen LogP contribution in [0.5, 0.6) is 0 Å². The van der Waals surface area contributed by atoms with Crippen LogP contribution in [0.2, 0.25) is 0 Å². The number of hydrogen-bond acceptors (Lipinski definition) is 3. The number of carbonyl (C=O) groups excluding carboxylic acids is 1. The van der Waals surface area contributed by atoms with E-state index in [0.717, 1.165) is 31.5 Å². The first-order valence-electron chi connectivity index (χ1n) is 10.5. The van der Waals surface area contributed by atoms with Crippen LogP contribution in [-0.4, -0.2) is 73.7 Å². The van der Waals surface area contributed by atoms with Gasteiger partial charge in [0.2, 0.25) is 0 Å². The number of halogens is 3. The van der Waals surface area contributed by atoms with Gasteiger partial charge in [0.1, 0.15) is 0 Å². The summed E-state index contributed by atoms with van der Waals surface area (Å²) in [5.74, 6) is 0.638. The van der Waals surface area contributed by atoms with E-state index in [4.69, 9.17) is 0 Å². The molecule has 2 heterocycles. The molecule has 2 N–H and O–H groups in total. The van der Waals surface area contributed by atoms with Gasteiger partial charge in [-0.05, 0) is 43.4 Å². The molecule has 9 heteroatoms. The van der Waals surface area contributed by atoms with Crippen molar-refractivity contribution >= 4 is 11.9 Å². The fourth-order valence-corrected chi connectivity index (χ4v) is 3.97. The topological polar surface area (TPSA) is 60.0 Å². The zero-order valence-electron chi connectivity index (χ0n) is 17.3. The molecule has 6 nitrogen and oxygen atoms in total. The third kappa shape index (κ3) is 6.62. The number of hydrogen-bond donors (Lipinski definition) is 2. The monoisotopic (exact) mass is 425 g/mol. The van der Waals surface area contributed by atoms with Crippen LogP contribution >= 0.6 is 0 Å². The quantitative estimate of drug-likeness (QED) is 0.563. The molecule has 2 aliphatic rings. The summed E-state index contributed by atoms with van der Waals surface area (Å²) in [4.78, 5) is 20.0. The molecule has 2 fully saturated rings. The van der Waals surface area contributed by atoms with Crippen LogP contribution in [0, 0.1) is 0 Å². The van der Waals surface area contributed by atoms with Gasteiger partial charge in [-0.2, -0.15) is 13.2 Å². The van der Waals surface area contributed by atoms with Gasteiger partial charge in [-0.3, -0.25) is 14.7 Å². The van der Waals surface area contributed by atoms with Gasteiger partial charge in [0.15, 0.2) is 5.96 Å². The van der Waals surface area contributed by atoms with Gasteiger partial charge < -0.3 is 15.5 Å². The van der Waals surface area contributed by atoms with E-state index < -0.39 is 12.7 Å². The summed E-state index contributed by atoms with van der Waals surface area (Å²) in [6.45, 7) is 2.04. The summed E-state index contributed by atoms with van der Waals surface area (Å²) in [5.41, 5.74) is 1.69. The number of rotatable bonds is 5. The molecule has 0 radical (unpaired) electrons. The Morgan fingerprint density at radius 3 is 2.47 bits per heavy atom. The van der Waals surface area contributed by atoms with Gasteiger partial charge in [-0.25, -0.2) is 0 Å². The summed E-state index contributed by atoms with van der Waals surface area (Å²) in [7, 11) is 1.64. The van der Waals surface area contributed by atoms with E-state index in [2.05, 4.69) is 15.6 Å². The molecule has 1 unspecified atom stereocenters. The normalized spacial score (nSPS) is 21.0. The summed E-state index contributed by atoms with van der Waals surface area (Å²) >= 11 is 0. The molecule has 2 saturated heterocycles. The molecule has 3 rings (SSSR count). The van der Waals surface area contributed by atoms with E-state index in [-0.39, 0.29) is 11.9 Å². The van der Waals surface area contributed by atoms with Crippen molar-refractivity contribution in [3.05, 3.63) is 35.4 Å². The maximum atomic E-state index is 12.5. The van der Waals surface area contributed by atoms with Crippen LogP contribution in [0.1, 0.15) is 41.6 Å². The molecule has 1 aromatic rings. The van der Waals surface area contributed by atoms with Crippen molar-refractivity contribution in [3.63, 3.8) is 0 Å². The number of amides is 1. The van der Waals surface area contributed by atoms with Crippen LogP contribution in [-0.2, 0) is 6.54 Å². The van der Waals surface area contributed by atoms with Crippen molar-refractivity contribution in [1.29, 1.82) is 0 Å². The average molecular weight is 425 g/mol. The number of guanidine groups is 1. The number of aliphatic imine (C=N–C) groups is 1. The Hall–Kier alpha value is -2.29. The molecule has 2 aliphatic heterocycles. The van der Waals surface area contributed by atoms with Gasteiger partial charge in [-0.1, -0.05) is 12.1 Å². The Bertz CT molecular complexity index is 729. The SMILES string of the molecule is CN=C(NCc1ccc(C(=O)N2CCCCC2)cc1)NC1CCN(CC(F)(F)F)C1. The number of carbonyl (C=O) groups is 1. The number of nitrogens with one attached hydrogen (secondary N) is 2. The highest BCUT2D eigenvalue weighted by atomic mass is 19.4. The fourth-order valence-electron chi connectivity index (χ4n) is 3.97. The molecule has 0 aromatic heterocycles. The molecule has 0 saturated carbocycles. The van der Waals surface area contributed by atoms with E-state index in [1.807, 2.05) is 29.2 Å². The van der Waals surface area contributed by atoms with Crippen molar-refractivity contribution in [3.8, 4) is 0 Å². The zero-order valence-corrected chi connectivity index (χ0v) is 17.3. The first-order valence-corrected chi connectivity index (χ1v) is 10.5. The predicted molar refractivity (Wildman–Crippen MR) is 110 cm³/mol. The molecular weight excluding hydrogens is 395 g/mol. The summed E-state index contributed by atoms with van der Waals surface area (Å²) < 4.78 is 37.6. The first kappa shape index (κ1) is 22.4. The van der Waals surface area contributed by atoms with Crippen molar-refractivity contribution in [2.45, 2.75) is 44.4 Å². The van der Waals surface area contributed by atoms with Crippen LogP contribution in [0.15, 0.2) is 29.3 Å². The lowest BCUT2D eigenvalue weighted by Gasteiger charge is -2.26. The Morgan fingerprint density at radius 1 is 1.13 bits per heavy atom. The third-order valence-electron chi connectivity index (χ3n) is 5.54. The minimum atomic E-state index is -4.17. The molecule has 0 aliphatic carbocycles. The number of nitrogens with zero attached hydrogens (tertiary/aromatic N) is 3. The van der Waals surface area contributed by atoms with Crippen LogP contribution in [0.4, 0.5) is 13.2 Å². The third-order valence-corrected chi connectivity index (χ3v) is 5.54. The minimum absolute atomic E-state index is 0.0666. The Labute approximate surface area is 175 Å². The maximum Gasteiger partial charge on any atom is 0.401 e. The van der Waals surface area contributed by atoms with E-state index in [1.54, 1.807) is 7.05 Å². The van der Waals surface area contributed by atoms with Crippen molar-refractivity contribution < 1.29 is 18.0 Å². The number of benzene rings is 1. The van der Waals surface area contributed by atoms with E-state index in [0.29, 0.717) is 37.6 Å². The second-order valence-electron chi connectivity index (χ2n) is 7.96. The summed E-state index contributed by atoms with van der Waals surface area (Å²) in [6, 6.07) is 7.45. The van der Waals surface area contributed by atoms with Crippen molar-refractivity contribution in [2.24, 2.45) is 4.99 Å². The lowest BCUT2D eigenvalue weighted by Crippen LogP contribution is -2.44. The molecule has 166 valence electrons. The lowest BCUT2D eigenvalue weighted by atomic mass is 10.1. The average Bonchev–Trinajstić information content (AvgIpc) is 3.16. The number of likely N-dealkylation sites (tertiary alicyclic amines) is 2. The van der Waals surface area contributed by atoms with Gasteiger partial charge in [-0.15, -0.1) is 0 Å². The highest BCUT2D eigenvalue weighted by molar-refractivity contribution is 5.94. The number of piperidine rings is 1. The van der Waals surface area contributed by atoms with E-state index >= 15 is 0 Å². The minimum Gasteiger partial charge on any atom is -0.352 e. The molecule has 0 bridgehead atoms. The largest absolute Gasteiger partial charge is 0.401 e. The second-order valence-corrected chi connectivity index (χ2v) is 7.96. The molecule has 1 amide bonds. The second kappa shape index (κ2) is 10.1. The van der Waals surface area contributed by atoms with Gasteiger partial charge in [0, 0.05) is 51.4 Å². The molecular formula is C21H30F3N5O. The van der Waals surface area contributed by atoms with E-state index in [1.165, 1.54) is 11.3 Å². The van der Waals surface area contributed by atoms with Gasteiger partial charge in [0.05, 0.1) is 6.54 Å². The molecule has 0 spiro atoms. The molecule has 1 aromatic carbocycles. The molecule has 30 heavy (non-hydrogen) atoms. The lowest BCUT2D eigenvalue weighted by molar-refractivity contribution is -0.143. The maximum absolute atomic E-state index is 12.5. The smallest absolute Gasteiger partial charge is 0.352 e. The Kier molecular flexibility index (Phi) is 7.58. The highest BCUT2D eigenvalue weighted by Crippen LogP contribution is 2.20. The first-order chi connectivity index (χ1) is 14.3. The highest BCUT2D eigenvalue weighted by Gasteiger charge is 2.34. The zero-order chi connectivity index (χ0) is 21.6.